The van der Waals surface area contributed by atoms with Crippen molar-refractivity contribution in [3.05, 3.63) is 0 Å². The molecule has 0 saturated carbocycles. The number of alkyl halides is 3. The molecule has 18 heavy (non-hydrogen) atoms. The number of aliphatic hydroxyl groups excluding tert-OH is 1. The Hall–Kier alpha value is -0.820. The molecule has 1 fully saturated rings. The molecule has 0 aromatic carbocycles. The van der Waals surface area contributed by atoms with Crippen LogP contribution in [0.1, 0.15) is 27.2 Å². The minimum absolute atomic E-state index is 0.155. The summed E-state index contributed by atoms with van der Waals surface area (Å²) in [5, 5.41) is 14.3. The monoisotopic (exact) mass is 268 g/mol. The number of hydrogen-bond donors (Lipinski definition) is 3. The summed E-state index contributed by atoms with van der Waals surface area (Å²) < 4.78 is 39.2. The molecule has 0 aromatic rings. The number of amides is 1. The second kappa shape index (κ2) is 4.70. The summed E-state index contributed by atoms with van der Waals surface area (Å²) in [6.07, 6.45) is -5.82. The molecule has 4 nitrogen and oxygen atoms in total. The van der Waals surface area contributed by atoms with Gasteiger partial charge in [0.05, 0.1) is 11.6 Å². The summed E-state index contributed by atoms with van der Waals surface area (Å²) in [4.78, 5) is 12.0. The van der Waals surface area contributed by atoms with E-state index in [1.807, 2.05) is 0 Å². The third-order valence-corrected chi connectivity index (χ3v) is 3.61. The fraction of sp³-hybridized carbons (Fsp3) is 0.909. The zero-order valence-electron chi connectivity index (χ0n) is 10.7. The van der Waals surface area contributed by atoms with Gasteiger partial charge in [-0.3, -0.25) is 4.79 Å². The van der Waals surface area contributed by atoms with Crippen LogP contribution in [-0.2, 0) is 4.79 Å². The average molecular weight is 268 g/mol. The number of halogens is 3. The molecule has 1 heterocycles. The van der Waals surface area contributed by atoms with Crippen molar-refractivity contribution in [3.63, 3.8) is 0 Å². The Morgan fingerprint density at radius 1 is 1.44 bits per heavy atom. The van der Waals surface area contributed by atoms with Gasteiger partial charge < -0.3 is 15.7 Å². The Morgan fingerprint density at radius 2 is 2.00 bits per heavy atom. The minimum atomic E-state index is -4.60. The maximum atomic E-state index is 13.1. The topological polar surface area (TPSA) is 61.4 Å². The normalized spacial score (nSPS) is 27.1. The first-order valence-electron chi connectivity index (χ1n) is 5.81. The minimum Gasteiger partial charge on any atom is -0.391 e. The highest BCUT2D eigenvalue weighted by atomic mass is 19.4. The molecule has 0 spiro atoms. The van der Waals surface area contributed by atoms with Crippen molar-refractivity contribution in [2.24, 2.45) is 5.41 Å². The first kappa shape index (κ1) is 15.2. The average Bonchev–Trinajstić information content (AvgIpc) is 2.64. The highest BCUT2D eigenvalue weighted by Gasteiger charge is 2.61. The first-order valence-corrected chi connectivity index (χ1v) is 5.81. The van der Waals surface area contributed by atoms with E-state index in [0.29, 0.717) is 0 Å². The highest BCUT2D eigenvalue weighted by Crippen LogP contribution is 2.43. The van der Waals surface area contributed by atoms with Gasteiger partial charge in [-0.2, -0.15) is 13.2 Å². The predicted octanol–water partition coefficient (Wildman–Crippen LogP) is 0.804. The standard InChI is InChI=1S/C11H19F3N2O2/c1-7(17)9(2,3)16-8(18)10(11(12,13)14)4-5-15-6-10/h7,15,17H,4-6H2,1-3H3,(H,16,18). The van der Waals surface area contributed by atoms with E-state index in [2.05, 4.69) is 10.6 Å². The van der Waals surface area contributed by atoms with Gasteiger partial charge in [0.2, 0.25) is 5.91 Å². The van der Waals surface area contributed by atoms with Crippen molar-refractivity contribution < 1.29 is 23.1 Å². The van der Waals surface area contributed by atoms with Crippen LogP contribution in [0.4, 0.5) is 13.2 Å². The molecule has 1 amide bonds. The molecular formula is C11H19F3N2O2. The van der Waals surface area contributed by atoms with Crippen LogP contribution in [0, 0.1) is 5.41 Å². The summed E-state index contributed by atoms with van der Waals surface area (Å²) in [5.41, 5.74) is -3.49. The van der Waals surface area contributed by atoms with Crippen LogP contribution in [0.2, 0.25) is 0 Å². The van der Waals surface area contributed by atoms with Gasteiger partial charge >= 0.3 is 6.18 Å². The Labute approximate surface area is 104 Å². The van der Waals surface area contributed by atoms with Gasteiger partial charge in [0.1, 0.15) is 0 Å². The number of nitrogens with one attached hydrogen (secondary N) is 2. The van der Waals surface area contributed by atoms with Crippen LogP contribution in [0.15, 0.2) is 0 Å². The molecule has 106 valence electrons. The lowest BCUT2D eigenvalue weighted by atomic mass is 9.83. The fourth-order valence-electron chi connectivity index (χ4n) is 1.77. The van der Waals surface area contributed by atoms with Crippen LogP contribution in [0.3, 0.4) is 0 Å². The van der Waals surface area contributed by atoms with Crippen molar-refractivity contribution in [2.45, 2.75) is 45.0 Å². The number of rotatable bonds is 3. The largest absolute Gasteiger partial charge is 0.404 e. The van der Waals surface area contributed by atoms with E-state index >= 15 is 0 Å². The van der Waals surface area contributed by atoms with E-state index in [1.165, 1.54) is 20.8 Å². The van der Waals surface area contributed by atoms with Crippen LogP contribution in [0.5, 0.6) is 0 Å². The van der Waals surface area contributed by atoms with Gasteiger partial charge in [-0.25, -0.2) is 0 Å². The van der Waals surface area contributed by atoms with E-state index in [-0.39, 0.29) is 13.0 Å². The third-order valence-electron chi connectivity index (χ3n) is 3.61. The summed E-state index contributed by atoms with van der Waals surface area (Å²) in [6, 6.07) is 0. The van der Waals surface area contributed by atoms with E-state index < -0.39 is 35.7 Å². The summed E-state index contributed by atoms with van der Waals surface area (Å²) in [6.45, 7) is 4.14. The maximum absolute atomic E-state index is 13.1. The van der Waals surface area contributed by atoms with Gasteiger partial charge in [-0.05, 0) is 33.7 Å². The zero-order chi connectivity index (χ0) is 14.2. The Balaban J connectivity index is 2.93. The third kappa shape index (κ3) is 2.61. The van der Waals surface area contributed by atoms with Crippen LogP contribution < -0.4 is 10.6 Å². The summed E-state index contributed by atoms with van der Waals surface area (Å²) in [5.74, 6) is -1.08. The molecule has 2 atom stereocenters. The van der Waals surface area contributed by atoms with Crippen LogP contribution >= 0.6 is 0 Å². The smallest absolute Gasteiger partial charge is 0.391 e. The molecule has 1 saturated heterocycles. The number of carbonyl (C=O) groups is 1. The highest BCUT2D eigenvalue weighted by molar-refractivity contribution is 5.85. The molecule has 3 N–H and O–H groups in total. The molecule has 7 heteroatoms. The second-order valence-corrected chi connectivity index (χ2v) is 5.36. The summed E-state index contributed by atoms with van der Waals surface area (Å²) in [7, 11) is 0. The lowest BCUT2D eigenvalue weighted by Gasteiger charge is -2.36. The number of hydrogen-bond acceptors (Lipinski definition) is 3. The van der Waals surface area contributed by atoms with Crippen LogP contribution in [0.25, 0.3) is 0 Å². The quantitative estimate of drug-likeness (QED) is 0.709. The Kier molecular flexibility index (Phi) is 3.97. The molecule has 0 bridgehead atoms. The van der Waals surface area contributed by atoms with E-state index in [1.54, 1.807) is 0 Å². The first-order chi connectivity index (χ1) is 8.03. The van der Waals surface area contributed by atoms with E-state index in [0.717, 1.165) is 0 Å². The molecule has 0 aromatic heterocycles. The fourth-order valence-corrected chi connectivity index (χ4v) is 1.77. The van der Waals surface area contributed by atoms with Gasteiger partial charge in [-0.1, -0.05) is 0 Å². The SMILES string of the molecule is CC(O)C(C)(C)NC(=O)C1(C(F)(F)F)CCNC1. The van der Waals surface area contributed by atoms with Gasteiger partial charge in [-0.15, -0.1) is 0 Å². The van der Waals surface area contributed by atoms with Crippen molar-refractivity contribution in [2.75, 3.05) is 13.1 Å². The second-order valence-electron chi connectivity index (χ2n) is 5.36. The molecule has 0 aliphatic carbocycles. The summed E-state index contributed by atoms with van der Waals surface area (Å²) >= 11 is 0. The van der Waals surface area contributed by atoms with Crippen molar-refractivity contribution in [1.82, 2.24) is 10.6 Å². The van der Waals surface area contributed by atoms with E-state index in [9.17, 15) is 23.1 Å². The number of carbonyl (C=O) groups excluding carboxylic acids is 1. The Bertz CT molecular complexity index is 321. The molecule has 2 unspecified atom stereocenters. The lowest BCUT2D eigenvalue weighted by molar-refractivity contribution is -0.217. The molecule has 1 aliphatic rings. The maximum Gasteiger partial charge on any atom is 0.404 e. The zero-order valence-corrected chi connectivity index (χ0v) is 10.7. The van der Waals surface area contributed by atoms with Crippen molar-refractivity contribution >= 4 is 5.91 Å². The Morgan fingerprint density at radius 3 is 2.33 bits per heavy atom. The van der Waals surface area contributed by atoms with Gasteiger partial charge in [0.25, 0.3) is 0 Å². The number of aliphatic hydroxyl groups is 1. The molecule has 0 radical (unpaired) electrons. The molecular weight excluding hydrogens is 249 g/mol. The molecule has 1 aliphatic heterocycles. The van der Waals surface area contributed by atoms with E-state index in [4.69, 9.17) is 0 Å². The molecule has 1 rings (SSSR count). The van der Waals surface area contributed by atoms with Crippen molar-refractivity contribution in [1.29, 1.82) is 0 Å². The van der Waals surface area contributed by atoms with Crippen molar-refractivity contribution in [3.8, 4) is 0 Å². The van der Waals surface area contributed by atoms with Gasteiger partial charge in [0.15, 0.2) is 5.41 Å². The lowest BCUT2D eigenvalue weighted by Crippen LogP contribution is -2.60. The van der Waals surface area contributed by atoms with Crippen LogP contribution in [-0.4, -0.2) is 41.9 Å². The predicted molar refractivity (Wildman–Crippen MR) is 59.9 cm³/mol. The van der Waals surface area contributed by atoms with Gasteiger partial charge in [0, 0.05) is 6.54 Å².